The first-order valence-electron chi connectivity index (χ1n) is 5.69. The fraction of sp³-hybridized carbons (Fsp3) is 0.0714. The zero-order valence-corrected chi connectivity index (χ0v) is 12.0. The minimum absolute atomic E-state index is 0.975. The highest BCUT2D eigenvalue weighted by Gasteiger charge is 2.04. The molecule has 0 aliphatic rings. The fourth-order valence-electron chi connectivity index (χ4n) is 1.91. The third kappa shape index (κ3) is 2.08. The maximum atomic E-state index is 4.62. The summed E-state index contributed by atoms with van der Waals surface area (Å²) in [6.45, 7) is 0. The second-order valence-electron chi connectivity index (χ2n) is 4.07. The van der Waals surface area contributed by atoms with Gasteiger partial charge >= 0.3 is 0 Å². The molecule has 18 heavy (non-hydrogen) atoms. The molecule has 3 rings (SSSR count). The zero-order valence-electron chi connectivity index (χ0n) is 9.89. The van der Waals surface area contributed by atoms with Gasteiger partial charge in [-0.15, -0.1) is 0 Å². The molecule has 0 aliphatic carbocycles. The summed E-state index contributed by atoms with van der Waals surface area (Å²) >= 11 is 2.30. The van der Waals surface area contributed by atoms with Gasteiger partial charge in [-0.3, -0.25) is 0 Å². The Bertz CT molecular complexity index is 686. The van der Waals surface area contributed by atoms with Gasteiger partial charge in [-0.1, -0.05) is 12.1 Å². The van der Waals surface area contributed by atoms with Gasteiger partial charge in [0.05, 0.1) is 5.69 Å². The fourth-order valence-corrected chi connectivity index (χ4v) is 2.39. The second kappa shape index (κ2) is 4.61. The summed E-state index contributed by atoms with van der Waals surface area (Å²) < 4.78 is 3.26. The van der Waals surface area contributed by atoms with E-state index >= 15 is 0 Å². The lowest BCUT2D eigenvalue weighted by atomic mass is 10.1. The van der Waals surface area contributed by atoms with Gasteiger partial charge < -0.3 is 9.72 Å². The standard InChI is InChI=1S/C14H12IN3/c1-16-12-5-2-10(3-6-12)13-9-18-8-11(15)4-7-14(18)17-13/h2-9,16H,1H3. The van der Waals surface area contributed by atoms with E-state index in [0.29, 0.717) is 0 Å². The predicted octanol–water partition coefficient (Wildman–Crippen LogP) is 3.65. The highest BCUT2D eigenvalue weighted by atomic mass is 127. The van der Waals surface area contributed by atoms with Crippen molar-refractivity contribution in [2.24, 2.45) is 0 Å². The topological polar surface area (TPSA) is 29.3 Å². The summed E-state index contributed by atoms with van der Waals surface area (Å²) in [6.07, 6.45) is 4.14. The SMILES string of the molecule is CNc1ccc(-c2cn3cc(I)ccc3n2)cc1. The van der Waals surface area contributed by atoms with Crippen LogP contribution in [0.4, 0.5) is 5.69 Å². The molecule has 4 heteroatoms. The van der Waals surface area contributed by atoms with Crippen LogP contribution in [0.5, 0.6) is 0 Å². The lowest BCUT2D eigenvalue weighted by Crippen LogP contribution is -1.86. The Morgan fingerprint density at radius 3 is 2.56 bits per heavy atom. The van der Waals surface area contributed by atoms with Crippen molar-refractivity contribution in [3.8, 4) is 11.3 Å². The van der Waals surface area contributed by atoms with Crippen LogP contribution in [-0.2, 0) is 0 Å². The lowest BCUT2D eigenvalue weighted by molar-refractivity contribution is 1.17. The molecular formula is C14H12IN3. The van der Waals surface area contributed by atoms with Crippen molar-refractivity contribution in [1.29, 1.82) is 0 Å². The highest BCUT2D eigenvalue weighted by molar-refractivity contribution is 14.1. The van der Waals surface area contributed by atoms with Crippen LogP contribution in [-0.4, -0.2) is 16.4 Å². The van der Waals surface area contributed by atoms with Crippen molar-refractivity contribution in [1.82, 2.24) is 9.38 Å². The van der Waals surface area contributed by atoms with Gasteiger partial charge in [-0.2, -0.15) is 0 Å². The van der Waals surface area contributed by atoms with Gasteiger partial charge in [0, 0.05) is 34.3 Å². The Kier molecular flexibility index (Phi) is 2.95. The summed E-state index contributed by atoms with van der Waals surface area (Å²) in [5, 5.41) is 3.11. The molecule has 0 aliphatic heterocycles. The van der Waals surface area contributed by atoms with E-state index in [0.717, 1.165) is 22.6 Å². The van der Waals surface area contributed by atoms with Crippen LogP contribution in [0.2, 0.25) is 0 Å². The van der Waals surface area contributed by atoms with E-state index in [4.69, 9.17) is 0 Å². The summed E-state index contributed by atoms with van der Waals surface area (Å²) in [5.74, 6) is 0. The highest BCUT2D eigenvalue weighted by Crippen LogP contribution is 2.21. The number of hydrogen-bond acceptors (Lipinski definition) is 2. The van der Waals surface area contributed by atoms with Gasteiger partial charge in [0.25, 0.3) is 0 Å². The van der Waals surface area contributed by atoms with E-state index in [1.165, 1.54) is 3.57 Å². The molecule has 0 saturated heterocycles. The molecule has 0 fully saturated rings. The molecule has 1 N–H and O–H groups in total. The monoisotopic (exact) mass is 349 g/mol. The number of pyridine rings is 1. The maximum Gasteiger partial charge on any atom is 0.137 e. The molecular weight excluding hydrogens is 337 g/mol. The average molecular weight is 349 g/mol. The summed E-state index contributed by atoms with van der Waals surface area (Å²) in [5.41, 5.74) is 4.22. The van der Waals surface area contributed by atoms with Gasteiger partial charge in [0.1, 0.15) is 5.65 Å². The Hall–Kier alpha value is -1.56. The normalized spacial score (nSPS) is 10.8. The first-order chi connectivity index (χ1) is 8.76. The molecule has 3 aromatic rings. The molecule has 2 aromatic heterocycles. The molecule has 0 saturated carbocycles. The number of halogens is 1. The van der Waals surface area contributed by atoms with E-state index in [1.807, 2.05) is 13.1 Å². The van der Waals surface area contributed by atoms with E-state index in [-0.39, 0.29) is 0 Å². The van der Waals surface area contributed by atoms with Crippen LogP contribution >= 0.6 is 22.6 Å². The van der Waals surface area contributed by atoms with Gasteiger partial charge in [0.15, 0.2) is 0 Å². The number of hydrogen-bond donors (Lipinski definition) is 1. The molecule has 3 nitrogen and oxygen atoms in total. The van der Waals surface area contributed by atoms with Crippen molar-refractivity contribution in [2.75, 3.05) is 12.4 Å². The lowest BCUT2D eigenvalue weighted by Gasteiger charge is -2.00. The Morgan fingerprint density at radius 2 is 1.83 bits per heavy atom. The number of nitrogens with one attached hydrogen (secondary N) is 1. The summed E-state index contributed by atoms with van der Waals surface area (Å²) in [4.78, 5) is 4.62. The molecule has 0 bridgehead atoms. The largest absolute Gasteiger partial charge is 0.388 e. The summed E-state index contributed by atoms with van der Waals surface area (Å²) in [7, 11) is 1.92. The Balaban J connectivity index is 2.07. The third-order valence-corrected chi connectivity index (χ3v) is 3.52. The first kappa shape index (κ1) is 11.5. The molecule has 0 atom stereocenters. The van der Waals surface area contributed by atoms with E-state index in [9.17, 15) is 0 Å². The molecule has 1 aromatic carbocycles. The van der Waals surface area contributed by atoms with Crippen LogP contribution in [0, 0.1) is 3.57 Å². The van der Waals surface area contributed by atoms with Crippen molar-refractivity contribution < 1.29 is 0 Å². The van der Waals surface area contributed by atoms with Crippen molar-refractivity contribution in [2.45, 2.75) is 0 Å². The van der Waals surface area contributed by atoms with Crippen LogP contribution in [0.1, 0.15) is 0 Å². The van der Waals surface area contributed by atoms with Crippen molar-refractivity contribution in [3.05, 3.63) is 52.4 Å². The number of fused-ring (bicyclic) bond motifs is 1. The van der Waals surface area contributed by atoms with Gasteiger partial charge in [-0.05, 0) is 46.9 Å². The number of benzene rings is 1. The van der Waals surface area contributed by atoms with Gasteiger partial charge in [0.2, 0.25) is 0 Å². The van der Waals surface area contributed by atoms with E-state index in [2.05, 4.69) is 80.0 Å². The molecule has 90 valence electrons. The number of nitrogens with zero attached hydrogens (tertiary/aromatic N) is 2. The number of rotatable bonds is 2. The second-order valence-corrected chi connectivity index (χ2v) is 5.31. The van der Waals surface area contributed by atoms with Crippen LogP contribution in [0.25, 0.3) is 16.9 Å². The van der Waals surface area contributed by atoms with E-state index < -0.39 is 0 Å². The molecule has 2 heterocycles. The number of aromatic nitrogens is 2. The third-order valence-electron chi connectivity index (χ3n) is 2.88. The zero-order chi connectivity index (χ0) is 12.5. The Labute approximate surface area is 119 Å². The Morgan fingerprint density at radius 1 is 1.06 bits per heavy atom. The smallest absolute Gasteiger partial charge is 0.137 e. The molecule has 0 unspecified atom stereocenters. The van der Waals surface area contributed by atoms with Crippen molar-refractivity contribution in [3.63, 3.8) is 0 Å². The molecule has 0 radical (unpaired) electrons. The van der Waals surface area contributed by atoms with Crippen LogP contribution in [0.15, 0.2) is 48.8 Å². The minimum atomic E-state index is 0.975. The molecule has 0 spiro atoms. The number of anilines is 1. The van der Waals surface area contributed by atoms with E-state index in [1.54, 1.807) is 0 Å². The summed E-state index contributed by atoms with van der Waals surface area (Å²) in [6, 6.07) is 12.4. The van der Waals surface area contributed by atoms with Crippen LogP contribution in [0.3, 0.4) is 0 Å². The maximum absolute atomic E-state index is 4.62. The molecule has 0 amide bonds. The number of imidazole rings is 1. The average Bonchev–Trinajstić information content (AvgIpc) is 2.81. The first-order valence-corrected chi connectivity index (χ1v) is 6.76. The quantitative estimate of drug-likeness (QED) is 0.716. The van der Waals surface area contributed by atoms with Crippen molar-refractivity contribution >= 4 is 33.9 Å². The minimum Gasteiger partial charge on any atom is -0.388 e. The van der Waals surface area contributed by atoms with Gasteiger partial charge in [-0.25, -0.2) is 4.98 Å². The predicted molar refractivity (Wildman–Crippen MR) is 82.9 cm³/mol. The van der Waals surface area contributed by atoms with Crippen LogP contribution < -0.4 is 5.32 Å².